The minimum atomic E-state index is -1.23. The third kappa shape index (κ3) is 16.6. The van der Waals surface area contributed by atoms with Crippen molar-refractivity contribution in [3.8, 4) is 0 Å². The molecule has 286 valence electrons. The Kier molecular flexibility index (Phi) is 17.3. The second-order valence-electron chi connectivity index (χ2n) is 12.4. The lowest BCUT2D eigenvalue weighted by molar-refractivity contribution is -0.143. The molecule has 0 heterocycles. The Morgan fingerprint density at radius 1 is 0.623 bits per heavy atom. The van der Waals surface area contributed by atoms with Crippen LogP contribution in [0.1, 0.15) is 16.7 Å². The summed E-state index contributed by atoms with van der Waals surface area (Å²) in [6.45, 7) is -1.98. The molecule has 0 radical (unpaired) electrons. The Labute approximate surface area is 305 Å². The Bertz CT molecular complexity index is 1630. The van der Waals surface area contributed by atoms with E-state index in [1.165, 1.54) is 9.80 Å². The highest BCUT2D eigenvalue weighted by Gasteiger charge is 2.20. The molecule has 8 N–H and O–H groups in total. The van der Waals surface area contributed by atoms with E-state index in [-0.39, 0.29) is 45.9 Å². The van der Waals surface area contributed by atoms with Crippen molar-refractivity contribution in [1.29, 1.82) is 0 Å². The molecule has 17 nitrogen and oxygen atoms in total. The highest BCUT2D eigenvalue weighted by atomic mass is 16.6. The van der Waals surface area contributed by atoms with Crippen LogP contribution in [0.15, 0.2) is 66.7 Å². The number of aliphatic carboxylic acids is 4. The average Bonchev–Trinajstić information content (AvgIpc) is 3.09. The summed E-state index contributed by atoms with van der Waals surface area (Å²) in [4.78, 5) is 79.5. The first-order chi connectivity index (χ1) is 25.3. The van der Waals surface area contributed by atoms with E-state index in [2.05, 4.69) is 10.8 Å². The molecule has 0 aromatic heterocycles. The van der Waals surface area contributed by atoms with Gasteiger partial charge in [-0.15, -0.1) is 0 Å². The molecule has 1 atom stereocenters. The number of nitrogens with two attached hydrogens (primary N) is 1. The number of hydrogen-bond acceptors (Lipinski definition) is 11. The molecule has 3 rings (SSSR count). The van der Waals surface area contributed by atoms with Gasteiger partial charge in [-0.25, -0.2) is 5.48 Å². The average molecular weight is 739 g/mol. The maximum absolute atomic E-state index is 12.9. The van der Waals surface area contributed by atoms with Gasteiger partial charge in [-0.05, 0) is 40.3 Å². The van der Waals surface area contributed by atoms with E-state index in [0.717, 1.165) is 27.5 Å². The van der Waals surface area contributed by atoms with Crippen LogP contribution in [0, 0.1) is 0 Å². The second kappa shape index (κ2) is 21.8. The molecule has 0 saturated heterocycles. The molecule has 17 heteroatoms. The molecule has 53 heavy (non-hydrogen) atoms. The van der Waals surface area contributed by atoms with Crippen LogP contribution in [-0.2, 0) is 53.0 Å². The third-order valence-corrected chi connectivity index (χ3v) is 8.05. The van der Waals surface area contributed by atoms with E-state index in [1.54, 1.807) is 4.90 Å². The standard InChI is InChI=1S/C36H46N6O11/c37-30(18-27-9-10-28-3-1-2-4-29(28)17-27)36(52)39-53-16-11-25-5-7-26(8-6-25)19-38-31(43)20-40(12-14-41(21-32(44)45)22-33(46)47)13-15-42(23-34(48)49)24-35(50)51/h1-10,17,30H,11-16,18-24,37H2,(H,38,43)(H,39,52)(H,44,45)(H,46,47)(H,48,49)(H,50,51). The number of hydroxylamine groups is 1. The highest BCUT2D eigenvalue weighted by molar-refractivity contribution is 5.84. The van der Waals surface area contributed by atoms with Gasteiger partial charge in [-0.1, -0.05) is 66.7 Å². The molecule has 1 unspecified atom stereocenters. The number of benzene rings is 3. The largest absolute Gasteiger partial charge is 0.480 e. The Morgan fingerprint density at radius 3 is 1.66 bits per heavy atom. The molecular formula is C36H46N6O11. The number of rotatable bonds is 25. The first-order valence-corrected chi connectivity index (χ1v) is 16.8. The van der Waals surface area contributed by atoms with Crippen molar-refractivity contribution in [2.75, 3.05) is 65.5 Å². The summed E-state index contributed by atoms with van der Waals surface area (Å²) < 4.78 is 0. The summed E-state index contributed by atoms with van der Waals surface area (Å²) in [7, 11) is 0. The van der Waals surface area contributed by atoms with Gasteiger partial charge < -0.3 is 31.5 Å². The van der Waals surface area contributed by atoms with Crippen molar-refractivity contribution in [3.63, 3.8) is 0 Å². The van der Waals surface area contributed by atoms with Gasteiger partial charge in [0, 0.05) is 32.7 Å². The van der Waals surface area contributed by atoms with Crippen molar-refractivity contribution in [2.24, 2.45) is 5.73 Å². The number of nitrogens with one attached hydrogen (secondary N) is 2. The number of carboxylic acids is 4. The van der Waals surface area contributed by atoms with Gasteiger partial charge in [-0.3, -0.25) is 48.3 Å². The van der Waals surface area contributed by atoms with Gasteiger partial charge in [0.25, 0.3) is 5.91 Å². The second-order valence-corrected chi connectivity index (χ2v) is 12.4. The fourth-order valence-corrected chi connectivity index (χ4v) is 5.39. The van der Waals surface area contributed by atoms with Crippen molar-refractivity contribution in [3.05, 3.63) is 83.4 Å². The van der Waals surface area contributed by atoms with Gasteiger partial charge in [0.15, 0.2) is 0 Å². The lowest BCUT2D eigenvalue weighted by Gasteiger charge is -2.28. The van der Waals surface area contributed by atoms with Gasteiger partial charge >= 0.3 is 23.9 Å². The van der Waals surface area contributed by atoms with E-state index in [4.69, 9.17) is 31.0 Å². The summed E-state index contributed by atoms with van der Waals surface area (Å²) in [5.41, 5.74) is 11.1. The summed E-state index contributed by atoms with van der Waals surface area (Å²) in [6, 6.07) is 20.4. The first-order valence-electron chi connectivity index (χ1n) is 16.8. The van der Waals surface area contributed by atoms with E-state index in [1.807, 2.05) is 66.7 Å². The zero-order chi connectivity index (χ0) is 38.8. The SMILES string of the molecule is NC(Cc1ccc2ccccc2c1)C(=O)NOCCc1ccc(CNC(=O)CN(CCN(CC(=O)O)CC(=O)O)CCN(CC(=O)O)CC(=O)O)cc1. The van der Waals surface area contributed by atoms with Crippen LogP contribution < -0.4 is 16.5 Å². The van der Waals surface area contributed by atoms with E-state index in [9.17, 15) is 28.8 Å². The monoisotopic (exact) mass is 738 g/mol. The van der Waals surface area contributed by atoms with Crippen LogP contribution in [0.3, 0.4) is 0 Å². The Balaban J connectivity index is 1.45. The zero-order valence-electron chi connectivity index (χ0n) is 29.2. The topological polar surface area (TPSA) is 252 Å². The molecule has 0 aliphatic rings. The van der Waals surface area contributed by atoms with Crippen LogP contribution >= 0.6 is 0 Å². The predicted molar refractivity (Wildman–Crippen MR) is 192 cm³/mol. The molecule has 0 bridgehead atoms. The number of amides is 2. The Hall–Kier alpha value is -5.46. The van der Waals surface area contributed by atoms with Crippen LogP contribution in [0.2, 0.25) is 0 Å². The van der Waals surface area contributed by atoms with Gasteiger partial charge in [-0.2, -0.15) is 0 Å². The van der Waals surface area contributed by atoms with Crippen molar-refractivity contribution in [1.82, 2.24) is 25.5 Å². The third-order valence-electron chi connectivity index (χ3n) is 8.05. The van der Waals surface area contributed by atoms with Crippen LogP contribution in [0.5, 0.6) is 0 Å². The van der Waals surface area contributed by atoms with E-state index < -0.39 is 67.9 Å². The predicted octanol–water partition coefficient (Wildman–Crippen LogP) is -0.139. The smallest absolute Gasteiger partial charge is 0.317 e. The zero-order valence-corrected chi connectivity index (χ0v) is 29.2. The molecule has 3 aromatic carbocycles. The summed E-state index contributed by atoms with van der Waals surface area (Å²) in [5.74, 6) is -5.78. The van der Waals surface area contributed by atoms with Gasteiger partial charge in [0.1, 0.15) is 0 Å². The number of hydrogen-bond donors (Lipinski definition) is 7. The van der Waals surface area contributed by atoms with Crippen LogP contribution in [0.25, 0.3) is 10.8 Å². The van der Waals surface area contributed by atoms with Crippen molar-refractivity contribution in [2.45, 2.75) is 25.4 Å². The van der Waals surface area contributed by atoms with E-state index >= 15 is 0 Å². The summed E-state index contributed by atoms with van der Waals surface area (Å²) in [6.07, 6.45) is 0.843. The molecular weight excluding hydrogens is 692 g/mol. The van der Waals surface area contributed by atoms with E-state index in [0.29, 0.717) is 12.8 Å². The van der Waals surface area contributed by atoms with Crippen molar-refractivity contribution >= 4 is 46.5 Å². The molecule has 0 fully saturated rings. The van der Waals surface area contributed by atoms with Crippen LogP contribution in [-0.4, -0.2) is 142 Å². The van der Waals surface area contributed by atoms with Gasteiger partial charge in [0.2, 0.25) is 5.91 Å². The molecule has 0 aliphatic heterocycles. The fraction of sp³-hybridized carbons (Fsp3) is 0.389. The maximum Gasteiger partial charge on any atom is 0.317 e. The highest BCUT2D eigenvalue weighted by Crippen LogP contribution is 2.16. The minimum Gasteiger partial charge on any atom is -0.480 e. The molecule has 3 aromatic rings. The minimum absolute atomic E-state index is 0.0310. The molecule has 0 aliphatic carbocycles. The number of carbonyl (C=O) groups is 6. The quantitative estimate of drug-likeness (QED) is 0.0441. The fourth-order valence-electron chi connectivity index (χ4n) is 5.39. The number of carbonyl (C=O) groups excluding carboxylic acids is 2. The molecule has 0 spiro atoms. The van der Waals surface area contributed by atoms with Crippen molar-refractivity contribution < 1.29 is 54.0 Å². The summed E-state index contributed by atoms with van der Waals surface area (Å²) in [5, 5.41) is 41.5. The first kappa shape index (κ1) is 42.0. The number of nitrogens with zero attached hydrogens (tertiary/aromatic N) is 3. The lowest BCUT2D eigenvalue weighted by Crippen LogP contribution is -2.47. The van der Waals surface area contributed by atoms with Crippen LogP contribution in [0.4, 0.5) is 0 Å². The lowest BCUT2D eigenvalue weighted by atomic mass is 10.0. The molecule has 0 saturated carbocycles. The number of fused-ring (bicyclic) bond motifs is 1. The van der Waals surface area contributed by atoms with Gasteiger partial charge in [0.05, 0.1) is 45.4 Å². The normalized spacial score (nSPS) is 11.8. The summed E-state index contributed by atoms with van der Waals surface area (Å²) >= 11 is 0. The molecule has 2 amide bonds. The number of carboxylic acid groups (broad SMARTS) is 4. The maximum atomic E-state index is 12.9. The Morgan fingerprint density at radius 2 is 1.11 bits per heavy atom.